The zero-order valence-electron chi connectivity index (χ0n) is 11.0. The molecule has 2 N–H and O–H groups in total. The molecule has 4 nitrogen and oxygen atoms in total. The van der Waals surface area contributed by atoms with Crippen molar-refractivity contribution < 1.29 is 14.3 Å². The molecule has 104 valence electrons. The lowest BCUT2D eigenvalue weighted by atomic mass is 10.2. The van der Waals surface area contributed by atoms with E-state index >= 15 is 0 Å². The van der Waals surface area contributed by atoms with Crippen molar-refractivity contribution in [3.63, 3.8) is 0 Å². The Kier molecular flexibility index (Phi) is 6.18. The van der Waals surface area contributed by atoms with Crippen LogP contribution in [0.15, 0.2) is 30.9 Å². The molecule has 0 saturated heterocycles. The van der Waals surface area contributed by atoms with Crippen LogP contribution in [0.1, 0.15) is 5.56 Å². The molecule has 0 spiro atoms. The third-order valence-electron chi connectivity index (χ3n) is 2.63. The minimum Gasteiger partial charge on any atom is -0.395 e. The molecule has 0 unspecified atom stereocenters. The van der Waals surface area contributed by atoms with Crippen LogP contribution in [-0.4, -0.2) is 42.2 Å². The molecule has 1 rings (SSSR count). The van der Waals surface area contributed by atoms with Crippen LogP contribution in [0.4, 0.5) is 10.1 Å². The summed E-state index contributed by atoms with van der Waals surface area (Å²) in [7, 11) is 0. The molecule has 5 heteroatoms. The van der Waals surface area contributed by atoms with Crippen LogP contribution in [0.25, 0.3) is 0 Å². The van der Waals surface area contributed by atoms with Crippen LogP contribution >= 0.6 is 0 Å². The fourth-order valence-corrected chi connectivity index (χ4v) is 1.63. The molecule has 0 heterocycles. The Balaban J connectivity index is 2.57. The number of benzene rings is 1. The number of nitrogens with zero attached hydrogens (tertiary/aromatic N) is 1. The van der Waals surface area contributed by atoms with Crippen molar-refractivity contribution in [1.29, 1.82) is 0 Å². The van der Waals surface area contributed by atoms with Crippen molar-refractivity contribution in [3.8, 4) is 0 Å². The number of carbonyl (C=O) groups is 1. The predicted octanol–water partition coefficient (Wildman–Crippen LogP) is 1.55. The average molecular weight is 266 g/mol. The average Bonchev–Trinajstić information content (AvgIpc) is 2.34. The molecule has 1 aromatic carbocycles. The molecule has 0 atom stereocenters. The van der Waals surface area contributed by atoms with Gasteiger partial charge in [-0.3, -0.25) is 9.69 Å². The van der Waals surface area contributed by atoms with Crippen LogP contribution in [0.3, 0.4) is 0 Å². The van der Waals surface area contributed by atoms with Crippen molar-refractivity contribution >= 4 is 11.6 Å². The maximum absolute atomic E-state index is 13.3. The predicted molar refractivity (Wildman–Crippen MR) is 73.5 cm³/mol. The van der Waals surface area contributed by atoms with E-state index < -0.39 is 0 Å². The summed E-state index contributed by atoms with van der Waals surface area (Å²) in [6, 6.07) is 4.55. The van der Waals surface area contributed by atoms with Gasteiger partial charge < -0.3 is 10.4 Å². The van der Waals surface area contributed by atoms with Crippen LogP contribution in [-0.2, 0) is 4.79 Å². The lowest BCUT2D eigenvalue weighted by Crippen LogP contribution is -2.35. The van der Waals surface area contributed by atoms with E-state index in [4.69, 9.17) is 5.11 Å². The van der Waals surface area contributed by atoms with E-state index in [1.54, 1.807) is 30.0 Å². The van der Waals surface area contributed by atoms with Gasteiger partial charge in [-0.25, -0.2) is 4.39 Å². The Morgan fingerprint density at radius 3 is 2.89 bits per heavy atom. The first-order valence-electron chi connectivity index (χ1n) is 6.07. The highest BCUT2D eigenvalue weighted by Crippen LogP contribution is 2.13. The smallest absolute Gasteiger partial charge is 0.238 e. The summed E-state index contributed by atoms with van der Waals surface area (Å²) in [5.74, 6) is -0.602. The molecular formula is C14H19FN2O2. The highest BCUT2D eigenvalue weighted by Gasteiger charge is 2.09. The van der Waals surface area contributed by atoms with Gasteiger partial charge in [0.2, 0.25) is 5.91 Å². The Hall–Kier alpha value is -1.72. The van der Waals surface area contributed by atoms with E-state index in [0.29, 0.717) is 24.3 Å². The quantitative estimate of drug-likeness (QED) is 0.736. The van der Waals surface area contributed by atoms with Crippen LogP contribution in [0, 0.1) is 12.7 Å². The number of amides is 1. The number of nitrogens with one attached hydrogen (secondary N) is 1. The number of aryl methyl sites for hydroxylation is 1. The number of aliphatic hydroxyl groups excluding tert-OH is 1. The lowest BCUT2D eigenvalue weighted by molar-refractivity contribution is -0.117. The Labute approximate surface area is 112 Å². The molecule has 0 aliphatic carbocycles. The molecular weight excluding hydrogens is 247 g/mol. The van der Waals surface area contributed by atoms with E-state index in [2.05, 4.69) is 11.9 Å². The van der Waals surface area contributed by atoms with E-state index in [0.717, 1.165) is 0 Å². The zero-order chi connectivity index (χ0) is 14.3. The van der Waals surface area contributed by atoms with Crippen LogP contribution in [0.2, 0.25) is 0 Å². The second kappa shape index (κ2) is 7.66. The minimum atomic E-state index is -0.351. The van der Waals surface area contributed by atoms with Gasteiger partial charge in [0.05, 0.1) is 13.2 Å². The number of hydrogen-bond donors (Lipinski definition) is 2. The third-order valence-corrected chi connectivity index (χ3v) is 2.63. The Bertz CT molecular complexity index is 449. The molecule has 0 bridgehead atoms. The van der Waals surface area contributed by atoms with E-state index in [1.165, 1.54) is 6.07 Å². The van der Waals surface area contributed by atoms with Crippen LogP contribution in [0.5, 0.6) is 0 Å². The molecule has 0 aliphatic heterocycles. The maximum Gasteiger partial charge on any atom is 0.238 e. The van der Waals surface area contributed by atoms with Gasteiger partial charge in [0.15, 0.2) is 0 Å². The van der Waals surface area contributed by atoms with Crippen molar-refractivity contribution in [3.05, 3.63) is 42.2 Å². The number of rotatable bonds is 7. The molecule has 0 aromatic heterocycles. The molecule has 0 aliphatic rings. The summed E-state index contributed by atoms with van der Waals surface area (Å²) in [6.45, 7) is 6.25. The number of hydrogen-bond acceptors (Lipinski definition) is 3. The first kappa shape index (κ1) is 15.3. The number of aliphatic hydroxyl groups is 1. The standard InChI is InChI=1S/C14H19FN2O2/c1-3-6-17(7-8-18)10-14(19)16-12-5-4-11(2)13(15)9-12/h3-5,9,18H,1,6-8,10H2,2H3,(H,16,19). The van der Waals surface area contributed by atoms with Gasteiger partial charge >= 0.3 is 0 Å². The fourth-order valence-electron chi connectivity index (χ4n) is 1.63. The fraction of sp³-hybridized carbons (Fsp3) is 0.357. The van der Waals surface area contributed by atoms with Crippen molar-refractivity contribution in [2.75, 3.05) is 31.6 Å². The molecule has 1 aromatic rings. The zero-order valence-corrected chi connectivity index (χ0v) is 11.0. The highest BCUT2D eigenvalue weighted by molar-refractivity contribution is 5.92. The molecule has 0 radical (unpaired) electrons. The number of anilines is 1. The van der Waals surface area contributed by atoms with Crippen molar-refractivity contribution in [2.24, 2.45) is 0 Å². The van der Waals surface area contributed by atoms with Crippen LogP contribution < -0.4 is 5.32 Å². The first-order chi connectivity index (χ1) is 9.06. The van der Waals surface area contributed by atoms with E-state index in [1.807, 2.05) is 0 Å². The number of carbonyl (C=O) groups excluding carboxylic acids is 1. The van der Waals surface area contributed by atoms with E-state index in [-0.39, 0.29) is 24.9 Å². The Morgan fingerprint density at radius 2 is 2.32 bits per heavy atom. The summed E-state index contributed by atoms with van der Waals surface area (Å²) in [6.07, 6.45) is 1.66. The number of halogens is 1. The van der Waals surface area contributed by atoms with Gasteiger partial charge in [-0.1, -0.05) is 12.1 Å². The van der Waals surface area contributed by atoms with Gasteiger partial charge in [0, 0.05) is 18.8 Å². The topological polar surface area (TPSA) is 52.6 Å². The Morgan fingerprint density at radius 1 is 1.58 bits per heavy atom. The summed E-state index contributed by atoms with van der Waals surface area (Å²) in [5, 5.41) is 11.5. The first-order valence-corrected chi connectivity index (χ1v) is 6.07. The molecule has 1 amide bonds. The highest BCUT2D eigenvalue weighted by atomic mass is 19.1. The van der Waals surface area contributed by atoms with E-state index in [9.17, 15) is 9.18 Å². The molecule has 19 heavy (non-hydrogen) atoms. The van der Waals surface area contributed by atoms with Gasteiger partial charge in [-0.15, -0.1) is 6.58 Å². The second-order valence-corrected chi connectivity index (χ2v) is 4.26. The largest absolute Gasteiger partial charge is 0.395 e. The summed E-state index contributed by atoms with van der Waals surface area (Å²) >= 11 is 0. The van der Waals surface area contributed by atoms with Crippen molar-refractivity contribution in [2.45, 2.75) is 6.92 Å². The second-order valence-electron chi connectivity index (χ2n) is 4.26. The van der Waals surface area contributed by atoms with Crippen molar-refractivity contribution in [1.82, 2.24) is 4.90 Å². The SMILES string of the molecule is C=CCN(CCO)CC(=O)Nc1ccc(C)c(F)c1. The monoisotopic (exact) mass is 266 g/mol. The van der Waals surface area contributed by atoms with Gasteiger partial charge in [0.1, 0.15) is 5.82 Å². The van der Waals surface area contributed by atoms with Gasteiger partial charge in [-0.2, -0.15) is 0 Å². The normalized spacial score (nSPS) is 10.5. The van der Waals surface area contributed by atoms with Gasteiger partial charge in [-0.05, 0) is 24.6 Å². The third kappa shape index (κ3) is 5.19. The molecule has 0 saturated carbocycles. The summed E-state index contributed by atoms with van der Waals surface area (Å²) in [4.78, 5) is 13.5. The molecule has 0 fully saturated rings. The lowest BCUT2D eigenvalue weighted by Gasteiger charge is -2.18. The van der Waals surface area contributed by atoms with Gasteiger partial charge in [0.25, 0.3) is 0 Å². The summed E-state index contributed by atoms with van der Waals surface area (Å²) < 4.78 is 13.3. The maximum atomic E-state index is 13.3. The minimum absolute atomic E-state index is 0.0275. The summed E-state index contributed by atoms with van der Waals surface area (Å²) in [5.41, 5.74) is 0.960.